The Morgan fingerprint density at radius 1 is 1.50 bits per heavy atom. The minimum atomic E-state index is -1.09. The summed E-state index contributed by atoms with van der Waals surface area (Å²) in [6.45, 7) is 8.00. The van der Waals surface area contributed by atoms with Gasteiger partial charge in [0.1, 0.15) is 0 Å². The van der Waals surface area contributed by atoms with E-state index in [1.54, 1.807) is 13.1 Å². The molecule has 0 radical (unpaired) electrons. The van der Waals surface area contributed by atoms with Gasteiger partial charge in [-0.2, -0.15) is 0 Å². The van der Waals surface area contributed by atoms with Crippen molar-refractivity contribution in [3.05, 3.63) is 27.9 Å². The van der Waals surface area contributed by atoms with E-state index >= 15 is 0 Å². The molecule has 0 bridgehead atoms. The van der Waals surface area contributed by atoms with Crippen LogP contribution in [-0.4, -0.2) is 78.1 Å². The Balaban J connectivity index is 1.81. The maximum atomic E-state index is 12.5. The van der Waals surface area contributed by atoms with Gasteiger partial charge in [0.05, 0.1) is 24.3 Å². The van der Waals surface area contributed by atoms with Crippen LogP contribution in [0.2, 0.25) is 0 Å². The molecule has 1 fully saturated rings. The molecule has 0 aromatic carbocycles. The van der Waals surface area contributed by atoms with Crippen molar-refractivity contribution in [3.63, 3.8) is 0 Å². The molecule has 2 aliphatic heterocycles. The van der Waals surface area contributed by atoms with E-state index in [1.807, 2.05) is 19.2 Å². The average molecular weight is 436 g/mol. The molecular formula is C20H29N5O4S. The summed E-state index contributed by atoms with van der Waals surface area (Å²) < 4.78 is 5.22. The Morgan fingerprint density at radius 2 is 2.30 bits per heavy atom. The number of β-amino-alcohol motifs (C(OH)–C–C–N with tert-alkyl or cyclic N) is 1. The van der Waals surface area contributed by atoms with Crippen molar-refractivity contribution in [3.8, 4) is 0 Å². The van der Waals surface area contributed by atoms with Crippen LogP contribution in [0, 0.1) is 5.41 Å². The number of carbonyl (C=O) groups excluding carboxylic acids is 2. The van der Waals surface area contributed by atoms with Gasteiger partial charge in [-0.3, -0.25) is 14.7 Å². The summed E-state index contributed by atoms with van der Waals surface area (Å²) in [5, 5.41) is 19.8. The number of amidine groups is 1. The van der Waals surface area contributed by atoms with Gasteiger partial charge < -0.3 is 20.5 Å². The van der Waals surface area contributed by atoms with E-state index < -0.39 is 11.6 Å². The largest absolute Gasteiger partial charge is 0.463 e. The summed E-state index contributed by atoms with van der Waals surface area (Å²) in [5.41, 5.74) is -0.251. The first-order chi connectivity index (χ1) is 14.3. The number of nitrogens with one attached hydrogen (secondary N) is 2. The zero-order valence-corrected chi connectivity index (χ0v) is 18.4. The van der Waals surface area contributed by atoms with Gasteiger partial charge in [0.15, 0.2) is 10.8 Å². The maximum absolute atomic E-state index is 12.5. The predicted molar refractivity (Wildman–Crippen MR) is 114 cm³/mol. The number of thiazole rings is 1. The molecule has 3 N–H and O–H groups in total. The summed E-state index contributed by atoms with van der Waals surface area (Å²) in [6.07, 6.45) is 3.06. The number of rotatable bonds is 8. The summed E-state index contributed by atoms with van der Waals surface area (Å²) in [5.74, 6) is 0.237. The van der Waals surface area contributed by atoms with Crippen LogP contribution in [0.4, 0.5) is 0 Å². The van der Waals surface area contributed by atoms with Gasteiger partial charge in [-0.25, -0.2) is 9.78 Å². The van der Waals surface area contributed by atoms with Crippen molar-refractivity contribution >= 4 is 29.6 Å². The normalized spacial score (nSPS) is 24.1. The molecule has 3 heterocycles. The van der Waals surface area contributed by atoms with Gasteiger partial charge in [-0.15, -0.1) is 11.3 Å². The lowest BCUT2D eigenvalue weighted by Gasteiger charge is -2.50. The number of piperidine rings is 1. The number of esters is 1. The van der Waals surface area contributed by atoms with Crippen molar-refractivity contribution < 1.29 is 19.4 Å². The van der Waals surface area contributed by atoms with Crippen molar-refractivity contribution in [1.82, 2.24) is 20.5 Å². The van der Waals surface area contributed by atoms with Crippen LogP contribution < -0.4 is 10.6 Å². The Hall–Kier alpha value is -2.30. The first-order valence-corrected chi connectivity index (χ1v) is 10.9. The van der Waals surface area contributed by atoms with Crippen LogP contribution in [0.25, 0.3) is 0 Å². The third-order valence-corrected chi connectivity index (χ3v) is 6.62. The number of carbonyl (C=O) groups is 2. The SMILES string of the molecule is CCOC(=O)C1=C(CN2CCC(C)(C)C(O)(CNC=O)C2)NC(c2nccs2)=NC1. The first-order valence-electron chi connectivity index (χ1n) is 10.0. The fraction of sp³-hybridized carbons (Fsp3) is 0.600. The van der Waals surface area contributed by atoms with Gasteiger partial charge >= 0.3 is 5.97 Å². The number of hydrogen-bond donors (Lipinski definition) is 3. The number of amides is 1. The molecule has 1 aromatic heterocycles. The Labute approximate surface area is 180 Å². The van der Waals surface area contributed by atoms with Crippen LogP contribution >= 0.6 is 11.3 Å². The molecule has 164 valence electrons. The van der Waals surface area contributed by atoms with E-state index in [0.717, 1.165) is 18.0 Å². The standard InChI is InChI=1S/C20H29N5O4S/c1-4-29-18(27)14-9-23-16(17-22-6-8-30-17)24-15(14)10-25-7-5-19(2,3)20(28,12-25)11-21-13-26/h6,8,13,28H,4-5,7,9-12H2,1-3H3,(H,21,26)(H,23,24). The average Bonchev–Trinajstić information content (AvgIpc) is 3.24. The highest BCUT2D eigenvalue weighted by molar-refractivity contribution is 7.11. The number of aliphatic imine (C=N–C) groups is 1. The molecule has 30 heavy (non-hydrogen) atoms. The summed E-state index contributed by atoms with van der Waals surface area (Å²) >= 11 is 1.47. The molecule has 1 aromatic rings. The zero-order valence-electron chi connectivity index (χ0n) is 17.6. The number of nitrogens with zero attached hydrogens (tertiary/aromatic N) is 3. The number of likely N-dealkylation sites (tertiary alicyclic amines) is 1. The first kappa shape index (κ1) is 22.4. The molecule has 10 heteroatoms. The fourth-order valence-corrected chi connectivity index (χ4v) is 4.31. The Kier molecular flexibility index (Phi) is 6.89. The van der Waals surface area contributed by atoms with Crippen LogP contribution in [-0.2, 0) is 14.3 Å². The number of hydrogen-bond acceptors (Lipinski definition) is 9. The van der Waals surface area contributed by atoms with Gasteiger partial charge in [-0.05, 0) is 25.3 Å². The highest BCUT2D eigenvalue weighted by atomic mass is 32.1. The second kappa shape index (κ2) is 9.23. The lowest BCUT2D eigenvalue weighted by Crippen LogP contribution is -2.63. The molecule has 0 aliphatic carbocycles. The van der Waals surface area contributed by atoms with Gasteiger partial charge in [0, 0.05) is 36.9 Å². The number of aromatic nitrogens is 1. The van der Waals surface area contributed by atoms with E-state index in [2.05, 4.69) is 25.5 Å². The van der Waals surface area contributed by atoms with E-state index in [0.29, 0.717) is 36.6 Å². The molecule has 2 aliphatic rings. The lowest BCUT2D eigenvalue weighted by atomic mass is 9.69. The second-order valence-electron chi connectivity index (χ2n) is 8.18. The quantitative estimate of drug-likeness (QED) is 0.403. The molecule has 0 saturated carbocycles. The van der Waals surface area contributed by atoms with Crippen LogP contribution in [0.3, 0.4) is 0 Å². The lowest BCUT2D eigenvalue weighted by molar-refractivity contribution is -0.138. The fourth-order valence-electron chi connectivity index (χ4n) is 3.71. The molecule has 1 atom stereocenters. The topological polar surface area (TPSA) is 116 Å². The Morgan fingerprint density at radius 3 is 2.97 bits per heavy atom. The number of aliphatic hydroxyl groups is 1. The van der Waals surface area contributed by atoms with Crippen LogP contribution in [0.15, 0.2) is 27.8 Å². The number of ether oxygens (including phenoxy) is 1. The zero-order chi connectivity index (χ0) is 21.8. The maximum Gasteiger partial charge on any atom is 0.337 e. The molecular weight excluding hydrogens is 406 g/mol. The smallest absolute Gasteiger partial charge is 0.337 e. The van der Waals surface area contributed by atoms with Crippen molar-refractivity contribution in [1.29, 1.82) is 0 Å². The summed E-state index contributed by atoms with van der Waals surface area (Å²) in [4.78, 5) is 34.2. The van der Waals surface area contributed by atoms with E-state index in [9.17, 15) is 14.7 Å². The van der Waals surface area contributed by atoms with Crippen LogP contribution in [0.5, 0.6) is 0 Å². The van der Waals surface area contributed by atoms with Gasteiger partial charge in [-0.1, -0.05) is 13.8 Å². The molecule has 1 unspecified atom stereocenters. The highest BCUT2D eigenvalue weighted by Gasteiger charge is 2.47. The highest BCUT2D eigenvalue weighted by Crippen LogP contribution is 2.39. The molecule has 9 nitrogen and oxygen atoms in total. The summed E-state index contributed by atoms with van der Waals surface area (Å²) in [7, 11) is 0. The van der Waals surface area contributed by atoms with Crippen molar-refractivity contribution in [2.45, 2.75) is 32.8 Å². The summed E-state index contributed by atoms with van der Waals surface area (Å²) in [6, 6.07) is 0. The van der Waals surface area contributed by atoms with E-state index in [-0.39, 0.29) is 25.1 Å². The molecule has 1 amide bonds. The van der Waals surface area contributed by atoms with Gasteiger partial charge in [0.2, 0.25) is 6.41 Å². The third-order valence-electron chi connectivity index (χ3n) is 5.84. The minimum absolute atomic E-state index is 0.170. The van der Waals surface area contributed by atoms with E-state index in [1.165, 1.54) is 11.3 Å². The monoisotopic (exact) mass is 435 g/mol. The Bertz CT molecular complexity index is 836. The minimum Gasteiger partial charge on any atom is -0.463 e. The second-order valence-corrected chi connectivity index (χ2v) is 9.07. The van der Waals surface area contributed by atoms with Crippen LogP contribution in [0.1, 0.15) is 32.2 Å². The molecule has 1 saturated heterocycles. The van der Waals surface area contributed by atoms with Crippen molar-refractivity contribution in [2.75, 3.05) is 39.3 Å². The van der Waals surface area contributed by atoms with Gasteiger partial charge in [0.25, 0.3) is 0 Å². The molecule has 3 rings (SSSR count). The van der Waals surface area contributed by atoms with Crippen molar-refractivity contribution in [2.24, 2.45) is 10.4 Å². The predicted octanol–water partition coefficient (Wildman–Crippen LogP) is 0.519. The van der Waals surface area contributed by atoms with E-state index in [4.69, 9.17) is 4.74 Å². The molecule has 0 spiro atoms. The third kappa shape index (κ3) is 4.71.